The molecule has 0 amide bonds. The van der Waals surface area contributed by atoms with E-state index in [4.69, 9.17) is 4.74 Å². The molecule has 1 unspecified atom stereocenters. The van der Waals surface area contributed by atoms with Gasteiger partial charge in [0.2, 0.25) is 0 Å². The normalized spacial score (nSPS) is 17.0. The van der Waals surface area contributed by atoms with E-state index in [1.54, 1.807) is 12.1 Å². The average molecular weight is 307 g/mol. The van der Waals surface area contributed by atoms with Crippen LogP contribution in [0, 0.1) is 10.1 Å². The van der Waals surface area contributed by atoms with Gasteiger partial charge in [-0.15, -0.1) is 0 Å². The first-order valence-electron chi connectivity index (χ1n) is 7.34. The summed E-state index contributed by atoms with van der Waals surface area (Å²) in [4.78, 5) is 24.3. The van der Waals surface area contributed by atoms with Crippen molar-refractivity contribution < 1.29 is 14.5 Å². The smallest absolute Gasteiger partial charge is 0.293 e. The molecule has 22 heavy (non-hydrogen) atoms. The van der Waals surface area contributed by atoms with Gasteiger partial charge in [-0.05, 0) is 26.0 Å². The molecule has 2 rings (SSSR count). The molecule has 1 aliphatic rings. The van der Waals surface area contributed by atoms with Gasteiger partial charge in [-0.3, -0.25) is 19.8 Å². The second-order valence-electron chi connectivity index (χ2n) is 5.42. The van der Waals surface area contributed by atoms with Gasteiger partial charge in [-0.1, -0.05) is 0 Å². The molecule has 0 bridgehead atoms. The number of rotatable bonds is 6. The Balaban J connectivity index is 2.05. The van der Waals surface area contributed by atoms with Crippen LogP contribution in [0.3, 0.4) is 0 Å². The number of nitrogens with zero attached hydrogens (tertiary/aromatic N) is 2. The molecule has 0 aromatic heterocycles. The number of ether oxygens (including phenoxy) is 1. The summed E-state index contributed by atoms with van der Waals surface area (Å²) in [6, 6.07) is 4.78. The minimum Gasteiger partial charge on any atom is -0.379 e. The SMILES string of the molecule is CC(=O)c1ccc(NCC(C)N2CCOCC2)c([N+](=O)[O-])c1. The minimum absolute atomic E-state index is 0.0677. The number of benzene rings is 1. The van der Waals surface area contributed by atoms with Crippen molar-refractivity contribution in [2.75, 3.05) is 38.2 Å². The zero-order valence-electron chi connectivity index (χ0n) is 12.9. The highest BCUT2D eigenvalue weighted by molar-refractivity contribution is 5.95. The molecule has 1 aromatic carbocycles. The van der Waals surface area contributed by atoms with Gasteiger partial charge >= 0.3 is 0 Å². The number of ketones is 1. The fourth-order valence-electron chi connectivity index (χ4n) is 2.46. The lowest BCUT2D eigenvalue weighted by Gasteiger charge is -2.32. The Labute approximate surface area is 129 Å². The number of nitrogens with one attached hydrogen (secondary N) is 1. The van der Waals surface area contributed by atoms with E-state index in [2.05, 4.69) is 17.1 Å². The first kappa shape index (κ1) is 16.4. The molecule has 0 saturated carbocycles. The lowest BCUT2D eigenvalue weighted by molar-refractivity contribution is -0.384. The second kappa shape index (κ2) is 7.33. The second-order valence-corrected chi connectivity index (χ2v) is 5.42. The molecular weight excluding hydrogens is 286 g/mol. The van der Waals surface area contributed by atoms with Crippen molar-refractivity contribution in [3.63, 3.8) is 0 Å². The molecular formula is C15H21N3O4. The van der Waals surface area contributed by atoms with Crippen LogP contribution in [0.4, 0.5) is 11.4 Å². The van der Waals surface area contributed by atoms with Crippen LogP contribution in [0.2, 0.25) is 0 Å². The third-order valence-electron chi connectivity index (χ3n) is 3.86. The van der Waals surface area contributed by atoms with Crippen LogP contribution in [0.25, 0.3) is 0 Å². The zero-order valence-corrected chi connectivity index (χ0v) is 12.9. The number of anilines is 1. The van der Waals surface area contributed by atoms with E-state index in [0.717, 1.165) is 26.3 Å². The molecule has 1 aromatic rings. The van der Waals surface area contributed by atoms with Crippen molar-refractivity contribution in [3.05, 3.63) is 33.9 Å². The van der Waals surface area contributed by atoms with Crippen molar-refractivity contribution in [2.24, 2.45) is 0 Å². The van der Waals surface area contributed by atoms with E-state index in [9.17, 15) is 14.9 Å². The summed E-state index contributed by atoms with van der Waals surface area (Å²) in [6.07, 6.45) is 0. The third kappa shape index (κ3) is 4.02. The predicted molar refractivity (Wildman–Crippen MR) is 83.4 cm³/mol. The third-order valence-corrected chi connectivity index (χ3v) is 3.86. The largest absolute Gasteiger partial charge is 0.379 e. The van der Waals surface area contributed by atoms with Gasteiger partial charge in [0.15, 0.2) is 5.78 Å². The quantitative estimate of drug-likeness (QED) is 0.491. The summed E-state index contributed by atoms with van der Waals surface area (Å²) < 4.78 is 5.32. The maximum atomic E-state index is 11.3. The van der Waals surface area contributed by atoms with Crippen molar-refractivity contribution >= 4 is 17.2 Å². The molecule has 0 aliphatic carbocycles. The van der Waals surface area contributed by atoms with Gasteiger partial charge < -0.3 is 10.1 Å². The fraction of sp³-hybridized carbons (Fsp3) is 0.533. The average Bonchev–Trinajstić information content (AvgIpc) is 2.53. The summed E-state index contributed by atoms with van der Waals surface area (Å²) in [5, 5.41) is 14.3. The molecule has 1 fully saturated rings. The Morgan fingerprint density at radius 1 is 1.45 bits per heavy atom. The van der Waals surface area contributed by atoms with Gasteiger partial charge in [0, 0.05) is 37.3 Å². The standard InChI is InChI=1S/C15H21N3O4/c1-11(17-5-7-22-8-6-17)10-16-14-4-3-13(12(2)19)9-15(14)18(20)21/h3-4,9,11,16H,5-8,10H2,1-2H3. The van der Waals surface area contributed by atoms with E-state index in [0.29, 0.717) is 17.8 Å². The summed E-state index contributed by atoms with van der Waals surface area (Å²) in [6.45, 7) is 7.25. The van der Waals surface area contributed by atoms with Crippen LogP contribution in [0.1, 0.15) is 24.2 Å². The molecule has 0 spiro atoms. The lowest BCUT2D eigenvalue weighted by Crippen LogP contribution is -2.45. The lowest BCUT2D eigenvalue weighted by atomic mass is 10.1. The van der Waals surface area contributed by atoms with Crippen LogP contribution in [-0.2, 0) is 4.74 Å². The first-order valence-corrected chi connectivity index (χ1v) is 7.34. The summed E-state index contributed by atoms with van der Waals surface area (Å²) >= 11 is 0. The van der Waals surface area contributed by atoms with E-state index < -0.39 is 4.92 Å². The van der Waals surface area contributed by atoms with Crippen molar-refractivity contribution in [3.8, 4) is 0 Å². The number of hydrogen-bond donors (Lipinski definition) is 1. The van der Waals surface area contributed by atoms with E-state index in [1.807, 2.05) is 0 Å². The monoisotopic (exact) mass is 307 g/mol. The molecule has 7 heteroatoms. The van der Waals surface area contributed by atoms with Crippen LogP contribution >= 0.6 is 0 Å². The van der Waals surface area contributed by atoms with Crippen LogP contribution in [0.15, 0.2) is 18.2 Å². The fourth-order valence-corrected chi connectivity index (χ4v) is 2.46. The van der Waals surface area contributed by atoms with Crippen molar-refractivity contribution in [1.82, 2.24) is 4.90 Å². The van der Waals surface area contributed by atoms with Gasteiger partial charge in [-0.2, -0.15) is 0 Å². The number of Topliss-reactive ketones (excluding diaryl/α,β-unsaturated/α-hetero) is 1. The van der Waals surface area contributed by atoms with Gasteiger partial charge in [0.1, 0.15) is 5.69 Å². The number of nitro groups is 1. The van der Waals surface area contributed by atoms with Gasteiger partial charge in [-0.25, -0.2) is 0 Å². The maximum absolute atomic E-state index is 11.3. The van der Waals surface area contributed by atoms with E-state index in [1.165, 1.54) is 13.0 Å². The van der Waals surface area contributed by atoms with Crippen LogP contribution < -0.4 is 5.32 Å². The molecule has 1 aliphatic heterocycles. The highest BCUT2D eigenvalue weighted by atomic mass is 16.6. The molecule has 1 N–H and O–H groups in total. The minimum atomic E-state index is -0.464. The molecule has 120 valence electrons. The van der Waals surface area contributed by atoms with E-state index >= 15 is 0 Å². The highest BCUT2D eigenvalue weighted by Crippen LogP contribution is 2.26. The Bertz CT molecular complexity index is 556. The molecule has 1 saturated heterocycles. The maximum Gasteiger partial charge on any atom is 0.293 e. The topological polar surface area (TPSA) is 84.7 Å². The first-order chi connectivity index (χ1) is 10.5. The molecule has 7 nitrogen and oxygen atoms in total. The number of hydrogen-bond acceptors (Lipinski definition) is 6. The van der Waals surface area contributed by atoms with Crippen LogP contribution in [0.5, 0.6) is 0 Å². The van der Waals surface area contributed by atoms with Gasteiger partial charge in [0.25, 0.3) is 5.69 Å². The molecule has 1 atom stereocenters. The highest BCUT2D eigenvalue weighted by Gasteiger charge is 2.19. The Morgan fingerprint density at radius 3 is 2.73 bits per heavy atom. The zero-order chi connectivity index (χ0) is 16.1. The molecule has 1 heterocycles. The summed E-state index contributed by atoms with van der Waals surface area (Å²) in [5.41, 5.74) is 0.718. The Kier molecular flexibility index (Phi) is 5.46. The van der Waals surface area contributed by atoms with Crippen LogP contribution in [-0.4, -0.2) is 54.5 Å². The number of carbonyl (C=O) groups is 1. The van der Waals surface area contributed by atoms with Crippen molar-refractivity contribution in [1.29, 1.82) is 0 Å². The number of carbonyl (C=O) groups excluding carboxylic acids is 1. The predicted octanol–water partition coefficient (Wildman–Crippen LogP) is 1.93. The Hall–Kier alpha value is -1.99. The Morgan fingerprint density at radius 2 is 2.14 bits per heavy atom. The van der Waals surface area contributed by atoms with Gasteiger partial charge in [0.05, 0.1) is 18.1 Å². The number of morpholine rings is 1. The van der Waals surface area contributed by atoms with E-state index in [-0.39, 0.29) is 17.5 Å². The van der Waals surface area contributed by atoms with Crippen molar-refractivity contribution in [2.45, 2.75) is 19.9 Å². The summed E-state index contributed by atoms with van der Waals surface area (Å²) in [7, 11) is 0. The number of nitro benzene ring substituents is 1. The molecule has 0 radical (unpaired) electrons. The summed E-state index contributed by atoms with van der Waals surface area (Å²) in [5.74, 6) is -0.184.